The van der Waals surface area contributed by atoms with Crippen molar-refractivity contribution >= 4 is 11.5 Å². The Hall–Kier alpha value is -1.23. The summed E-state index contributed by atoms with van der Waals surface area (Å²) < 4.78 is 1.74. The minimum atomic E-state index is 0.722. The first kappa shape index (κ1) is 12.2. The fraction of sp³-hybridized carbons (Fsp3) is 0.750. The zero-order valence-electron chi connectivity index (χ0n) is 10.8. The molecule has 0 aromatic carbocycles. The highest BCUT2D eigenvalue weighted by Gasteiger charge is 2.15. The van der Waals surface area contributed by atoms with Crippen molar-refractivity contribution in [3.05, 3.63) is 6.20 Å². The number of likely N-dealkylation sites (tertiary alicyclic amines) is 1. The van der Waals surface area contributed by atoms with E-state index in [4.69, 9.17) is 5.73 Å². The molecule has 0 unspecified atom stereocenters. The molecule has 0 amide bonds. The molecule has 2 rings (SSSR count). The molecular weight excluding hydrogens is 214 g/mol. The number of hydrogen-bond acceptors (Lipinski definition) is 4. The van der Waals surface area contributed by atoms with Gasteiger partial charge >= 0.3 is 0 Å². The fourth-order valence-corrected chi connectivity index (χ4v) is 2.26. The second-order valence-corrected chi connectivity index (χ2v) is 5.06. The van der Waals surface area contributed by atoms with Crippen LogP contribution in [0.15, 0.2) is 6.20 Å². The highest BCUT2D eigenvalue weighted by atomic mass is 15.3. The Morgan fingerprint density at radius 2 is 2.18 bits per heavy atom. The quantitative estimate of drug-likeness (QED) is 0.824. The predicted molar refractivity (Wildman–Crippen MR) is 70.9 cm³/mol. The molecule has 5 nitrogen and oxygen atoms in total. The van der Waals surface area contributed by atoms with Crippen molar-refractivity contribution < 1.29 is 0 Å². The van der Waals surface area contributed by atoms with Crippen LogP contribution in [0.2, 0.25) is 0 Å². The third kappa shape index (κ3) is 3.36. The van der Waals surface area contributed by atoms with Crippen LogP contribution in [0, 0.1) is 5.92 Å². The SMILES string of the molecule is CC1CCN(CCNc2nn(C)cc2N)CC1. The molecule has 1 aliphatic rings. The average Bonchev–Trinajstić information content (AvgIpc) is 2.60. The lowest BCUT2D eigenvalue weighted by Crippen LogP contribution is -2.36. The number of aryl methyl sites for hydroxylation is 1. The zero-order valence-corrected chi connectivity index (χ0v) is 10.8. The monoisotopic (exact) mass is 237 g/mol. The number of anilines is 2. The maximum Gasteiger partial charge on any atom is 0.171 e. The lowest BCUT2D eigenvalue weighted by atomic mass is 9.99. The van der Waals surface area contributed by atoms with E-state index >= 15 is 0 Å². The summed E-state index contributed by atoms with van der Waals surface area (Å²) in [5, 5.41) is 7.56. The van der Waals surface area contributed by atoms with Crippen LogP contribution in [0.5, 0.6) is 0 Å². The molecule has 1 aliphatic heterocycles. The zero-order chi connectivity index (χ0) is 12.3. The molecule has 1 aromatic heterocycles. The molecule has 0 saturated carbocycles. The van der Waals surface area contributed by atoms with Crippen LogP contribution in [0.4, 0.5) is 11.5 Å². The van der Waals surface area contributed by atoms with Crippen LogP contribution < -0.4 is 11.1 Å². The van der Waals surface area contributed by atoms with Crippen LogP contribution in [0.3, 0.4) is 0 Å². The van der Waals surface area contributed by atoms with E-state index in [0.717, 1.165) is 30.5 Å². The molecule has 0 aliphatic carbocycles. The fourth-order valence-electron chi connectivity index (χ4n) is 2.26. The summed E-state index contributed by atoms with van der Waals surface area (Å²) in [5.74, 6) is 1.70. The third-order valence-electron chi connectivity index (χ3n) is 3.45. The number of aromatic nitrogens is 2. The first-order valence-electron chi connectivity index (χ1n) is 6.40. The van der Waals surface area contributed by atoms with Gasteiger partial charge in [0.2, 0.25) is 0 Å². The number of piperidine rings is 1. The Bertz CT molecular complexity index is 352. The van der Waals surface area contributed by atoms with Crippen LogP contribution in [-0.4, -0.2) is 40.9 Å². The average molecular weight is 237 g/mol. The number of nitrogens with zero attached hydrogens (tertiary/aromatic N) is 3. The van der Waals surface area contributed by atoms with Gasteiger partial charge in [-0.1, -0.05) is 6.92 Å². The molecule has 1 saturated heterocycles. The summed E-state index contributed by atoms with van der Waals surface area (Å²) in [6, 6.07) is 0. The van der Waals surface area contributed by atoms with E-state index < -0.39 is 0 Å². The largest absolute Gasteiger partial charge is 0.394 e. The molecule has 96 valence electrons. The van der Waals surface area contributed by atoms with Gasteiger partial charge in [-0.05, 0) is 31.8 Å². The van der Waals surface area contributed by atoms with Crippen LogP contribution in [0.1, 0.15) is 19.8 Å². The number of nitrogens with one attached hydrogen (secondary N) is 1. The van der Waals surface area contributed by atoms with Gasteiger partial charge in [0, 0.05) is 26.3 Å². The standard InChI is InChI=1S/C12H23N5/c1-10-3-6-17(7-4-10)8-5-14-12-11(13)9-16(2)15-12/h9-10H,3-8,13H2,1-2H3,(H,14,15). The van der Waals surface area contributed by atoms with Crippen molar-refractivity contribution in [2.75, 3.05) is 37.2 Å². The Morgan fingerprint density at radius 1 is 1.47 bits per heavy atom. The van der Waals surface area contributed by atoms with Crippen molar-refractivity contribution in [1.82, 2.24) is 14.7 Å². The highest BCUT2D eigenvalue weighted by Crippen LogP contribution is 2.16. The van der Waals surface area contributed by atoms with Gasteiger partial charge in [0.15, 0.2) is 5.82 Å². The minimum Gasteiger partial charge on any atom is -0.394 e. The van der Waals surface area contributed by atoms with Crippen molar-refractivity contribution in [2.45, 2.75) is 19.8 Å². The molecule has 0 spiro atoms. The smallest absolute Gasteiger partial charge is 0.171 e. The van der Waals surface area contributed by atoms with E-state index in [1.54, 1.807) is 4.68 Å². The normalized spacial score (nSPS) is 18.5. The summed E-state index contributed by atoms with van der Waals surface area (Å²) >= 11 is 0. The summed E-state index contributed by atoms with van der Waals surface area (Å²) in [4.78, 5) is 2.51. The molecule has 1 fully saturated rings. The lowest BCUT2D eigenvalue weighted by molar-refractivity contribution is 0.199. The van der Waals surface area contributed by atoms with Gasteiger partial charge in [-0.25, -0.2) is 0 Å². The molecule has 2 heterocycles. The molecule has 5 heteroatoms. The van der Waals surface area contributed by atoms with Gasteiger partial charge < -0.3 is 16.0 Å². The van der Waals surface area contributed by atoms with Crippen molar-refractivity contribution in [2.24, 2.45) is 13.0 Å². The summed E-state index contributed by atoms with van der Waals surface area (Å²) in [7, 11) is 1.88. The van der Waals surface area contributed by atoms with Crippen molar-refractivity contribution in [3.8, 4) is 0 Å². The van der Waals surface area contributed by atoms with Gasteiger partial charge in [0.25, 0.3) is 0 Å². The first-order chi connectivity index (χ1) is 8.15. The summed E-state index contributed by atoms with van der Waals surface area (Å²) in [5.41, 5.74) is 6.54. The maximum absolute atomic E-state index is 5.82. The van der Waals surface area contributed by atoms with E-state index in [1.165, 1.54) is 25.9 Å². The van der Waals surface area contributed by atoms with Crippen molar-refractivity contribution in [1.29, 1.82) is 0 Å². The molecule has 3 N–H and O–H groups in total. The van der Waals surface area contributed by atoms with Gasteiger partial charge in [-0.15, -0.1) is 0 Å². The van der Waals surface area contributed by atoms with E-state index in [1.807, 2.05) is 13.2 Å². The van der Waals surface area contributed by atoms with Crippen LogP contribution in [0.25, 0.3) is 0 Å². The van der Waals surface area contributed by atoms with E-state index in [0.29, 0.717) is 0 Å². The Morgan fingerprint density at radius 3 is 2.76 bits per heavy atom. The minimum absolute atomic E-state index is 0.722. The highest BCUT2D eigenvalue weighted by molar-refractivity contribution is 5.59. The van der Waals surface area contributed by atoms with E-state index in [2.05, 4.69) is 22.2 Å². The molecular formula is C12H23N5. The topological polar surface area (TPSA) is 59.1 Å². The lowest BCUT2D eigenvalue weighted by Gasteiger charge is -2.30. The second-order valence-electron chi connectivity index (χ2n) is 5.06. The molecule has 1 aromatic rings. The third-order valence-corrected chi connectivity index (χ3v) is 3.45. The van der Waals surface area contributed by atoms with Crippen LogP contribution >= 0.6 is 0 Å². The number of nitrogen functional groups attached to an aromatic ring is 1. The van der Waals surface area contributed by atoms with Crippen molar-refractivity contribution in [3.63, 3.8) is 0 Å². The van der Waals surface area contributed by atoms with Crippen LogP contribution in [-0.2, 0) is 7.05 Å². The van der Waals surface area contributed by atoms with Gasteiger partial charge in [-0.3, -0.25) is 4.68 Å². The van der Waals surface area contributed by atoms with E-state index in [9.17, 15) is 0 Å². The van der Waals surface area contributed by atoms with E-state index in [-0.39, 0.29) is 0 Å². The molecule has 0 bridgehead atoms. The predicted octanol–water partition coefficient (Wildman–Crippen LogP) is 1.15. The molecule has 0 atom stereocenters. The van der Waals surface area contributed by atoms with Gasteiger partial charge in [-0.2, -0.15) is 5.10 Å². The molecule has 0 radical (unpaired) electrons. The maximum atomic E-state index is 5.82. The Kier molecular flexibility index (Phi) is 3.89. The molecule has 17 heavy (non-hydrogen) atoms. The summed E-state index contributed by atoms with van der Waals surface area (Å²) in [6.07, 6.45) is 4.47. The number of rotatable bonds is 4. The Labute approximate surface area is 103 Å². The number of hydrogen-bond donors (Lipinski definition) is 2. The summed E-state index contributed by atoms with van der Waals surface area (Å²) in [6.45, 7) is 6.77. The first-order valence-corrected chi connectivity index (χ1v) is 6.40. The number of nitrogens with two attached hydrogens (primary N) is 1. The Balaban J connectivity index is 1.71. The second kappa shape index (κ2) is 5.40. The van der Waals surface area contributed by atoms with Gasteiger partial charge in [0.1, 0.15) is 0 Å². The van der Waals surface area contributed by atoms with Gasteiger partial charge in [0.05, 0.1) is 5.69 Å².